The molecule has 1 aromatic carbocycles. The summed E-state index contributed by atoms with van der Waals surface area (Å²) >= 11 is 6.16. The van der Waals surface area contributed by atoms with Crippen molar-refractivity contribution in [2.45, 2.75) is 38.7 Å². The van der Waals surface area contributed by atoms with E-state index in [1.54, 1.807) is 7.05 Å². The van der Waals surface area contributed by atoms with Crippen LogP contribution in [0.3, 0.4) is 0 Å². The Morgan fingerprint density at radius 2 is 2.03 bits per heavy atom. The number of ether oxygens (including phenoxy) is 1. The van der Waals surface area contributed by atoms with Crippen molar-refractivity contribution in [3.05, 3.63) is 68.9 Å². The number of nitrogens with one attached hydrogen (secondary N) is 2. The van der Waals surface area contributed by atoms with Gasteiger partial charge in [0.05, 0.1) is 29.3 Å². The lowest BCUT2D eigenvalue weighted by Crippen LogP contribution is -2.40. The SMILES string of the molecule is CNCC(O)Cn1ccn(-c2c(Cl)c(C(F)(F)F)cc(C)c2OC(=O)N(C)C2=CC=C(F)C(C)N2)c1=O. The number of carbonyl (C=O) groups excluding carboxylic acids is 1. The first-order valence-electron chi connectivity index (χ1n) is 11.1. The molecule has 14 heteroatoms. The molecule has 0 fully saturated rings. The number of hydrogen-bond donors (Lipinski definition) is 3. The topological polar surface area (TPSA) is 101 Å². The quantitative estimate of drug-likeness (QED) is 0.460. The molecule has 0 saturated heterocycles. The van der Waals surface area contributed by atoms with Gasteiger partial charge in [-0.15, -0.1) is 0 Å². The molecule has 0 aliphatic carbocycles. The molecule has 2 atom stereocenters. The van der Waals surface area contributed by atoms with Crippen LogP contribution in [0.2, 0.25) is 5.02 Å². The van der Waals surface area contributed by atoms with E-state index in [0.29, 0.717) is 6.07 Å². The molecular formula is C23H26ClF4N5O4. The van der Waals surface area contributed by atoms with Crippen molar-refractivity contribution < 1.29 is 32.2 Å². The Bertz CT molecular complexity index is 1300. The molecule has 0 radical (unpaired) electrons. The summed E-state index contributed by atoms with van der Waals surface area (Å²) in [5, 5.41) is 14.7. The van der Waals surface area contributed by atoms with Crippen LogP contribution in [0.4, 0.5) is 22.4 Å². The van der Waals surface area contributed by atoms with Gasteiger partial charge in [-0.1, -0.05) is 11.6 Å². The van der Waals surface area contributed by atoms with Crippen LogP contribution in [0.1, 0.15) is 18.1 Å². The predicted octanol–water partition coefficient (Wildman–Crippen LogP) is 3.32. The molecule has 2 aromatic rings. The normalized spacial score (nSPS) is 16.5. The maximum Gasteiger partial charge on any atom is 0.420 e. The molecule has 1 aliphatic heterocycles. The number of alkyl halides is 3. The third kappa shape index (κ3) is 6.00. The van der Waals surface area contributed by atoms with Crippen LogP contribution in [-0.2, 0) is 12.7 Å². The van der Waals surface area contributed by atoms with Gasteiger partial charge in [0.15, 0.2) is 5.75 Å². The zero-order valence-electron chi connectivity index (χ0n) is 20.4. The van der Waals surface area contributed by atoms with Crippen LogP contribution in [0, 0.1) is 6.92 Å². The van der Waals surface area contributed by atoms with Crippen molar-refractivity contribution in [3.8, 4) is 11.4 Å². The Morgan fingerprint density at radius 1 is 1.35 bits per heavy atom. The smallest absolute Gasteiger partial charge is 0.407 e. The van der Waals surface area contributed by atoms with Crippen molar-refractivity contribution in [3.63, 3.8) is 0 Å². The molecule has 37 heavy (non-hydrogen) atoms. The number of benzene rings is 1. The highest BCUT2D eigenvalue weighted by atomic mass is 35.5. The third-order valence-electron chi connectivity index (χ3n) is 5.62. The fourth-order valence-corrected chi connectivity index (χ4v) is 4.00. The summed E-state index contributed by atoms with van der Waals surface area (Å²) in [6, 6.07) is -0.00415. The summed E-state index contributed by atoms with van der Waals surface area (Å²) in [6.07, 6.45) is -1.96. The molecule has 2 heterocycles. The van der Waals surface area contributed by atoms with Crippen LogP contribution >= 0.6 is 11.6 Å². The lowest BCUT2D eigenvalue weighted by Gasteiger charge is -2.27. The van der Waals surface area contributed by atoms with Crippen molar-refractivity contribution in [1.29, 1.82) is 0 Å². The highest BCUT2D eigenvalue weighted by Crippen LogP contribution is 2.43. The number of aliphatic hydroxyl groups is 1. The molecule has 9 nitrogen and oxygen atoms in total. The van der Waals surface area contributed by atoms with Crippen molar-refractivity contribution in [1.82, 2.24) is 24.7 Å². The van der Waals surface area contributed by atoms with Crippen LogP contribution in [0.15, 0.2) is 47.1 Å². The fourth-order valence-electron chi connectivity index (χ4n) is 3.66. The number of imidazole rings is 1. The minimum Gasteiger partial charge on any atom is -0.407 e. The summed E-state index contributed by atoms with van der Waals surface area (Å²) in [6.45, 7) is 2.81. The number of aryl methyl sites for hydroxylation is 1. The highest BCUT2D eigenvalue weighted by molar-refractivity contribution is 6.33. The van der Waals surface area contributed by atoms with E-state index in [9.17, 15) is 32.3 Å². The van der Waals surface area contributed by atoms with Crippen molar-refractivity contribution in [2.75, 3.05) is 20.6 Å². The van der Waals surface area contributed by atoms with Gasteiger partial charge in [-0.25, -0.2) is 14.0 Å². The van der Waals surface area contributed by atoms with Gasteiger partial charge in [0, 0.05) is 26.0 Å². The number of rotatable bonds is 7. The fraction of sp³-hybridized carbons (Fsp3) is 0.391. The molecule has 1 aromatic heterocycles. The Hall–Kier alpha value is -3.29. The van der Waals surface area contributed by atoms with E-state index >= 15 is 0 Å². The number of dihydropyridines is 1. The molecule has 2 unspecified atom stereocenters. The number of amides is 1. The first-order chi connectivity index (χ1) is 17.3. The lowest BCUT2D eigenvalue weighted by atomic mass is 10.1. The van der Waals surface area contributed by atoms with E-state index in [1.165, 1.54) is 33.2 Å². The number of aromatic nitrogens is 2. The monoisotopic (exact) mass is 547 g/mol. The van der Waals surface area contributed by atoms with Gasteiger partial charge in [-0.3, -0.25) is 14.0 Å². The lowest BCUT2D eigenvalue weighted by molar-refractivity contribution is -0.137. The first kappa shape index (κ1) is 28.3. The van der Waals surface area contributed by atoms with Gasteiger partial charge in [-0.05, 0) is 44.7 Å². The van der Waals surface area contributed by atoms with E-state index in [4.69, 9.17) is 16.3 Å². The second kappa shape index (κ2) is 11.0. The van der Waals surface area contributed by atoms with Crippen LogP contribution in [0.5, 0.6) is 5.75 Å². The molecule has 0 bridgehead atoms. The molecule has 1 aliphatic rings. The van der Waals surface area contributed by atoms with Crippen LogP contribution in [0.25, 0.3) is 5.69 Å². The van der Waals surface area contributed by atoms with Crippen LogP contribution < -0.4 is 21.1 Å². The second-order valence-electron chi connectivity index (χ2n) is 8.44. The van der Waals surface area contributed by atoms with E-state index in [-0.39, 0.29) is 30.2 Å². The Labute approximate surface area is 214 Å². The van der Waals surface area contributed by atoms with Crippen LogP contribution in [-0.4, -0.2) is 58.0 Å². The van der Waals surface area contributed by atoms with Gasteiger partial charge >= 0.3 is 18.0 Å². The first-order valence-corrected chi connectivity index (χ1v) is 11.4. The zero-order chi connectivity index (χ0) is 27.7. The standard InChI is InChI=1S/C23H26ClF4N5O4/c1-12-9-15(23(26,27)28)18(24)19(33-8-7-32(21(33)35)11-14(34)10-29-3)20(12)37-22(36)31(4)17-6-5-16(25)13(2)30-17/h5-9,13-14,29-30,34H,10-11H2,1-4H3. The van der Waals surface area contributed by atoms with E-state index < -0.39 is 52.2 Å². The predicted molar refractivity (Wildman–Crippen MR) is 128 cm³/mol. The van der Waals surface area contributed by atoms with E-state index in [1.807, 2.05) is 0 Å². The van der Waals surface area contributed by atoms with Gasteiger partial charge in [0.25, 0.3) is 0 Å². The molecule has 0 spiro atoms. The average Bonchev–Trinajstić information content (AvgIpc) is 3.16. The number of carbonyl (C=O) groups is 1. The maximum atomic E-state index is 13.7. The van der Waals surface area contributed by atoms with Gasteiger partial charge in [-0.2, -0.15) is 13.2 Å². The van der Waals surface area contributed by atoms with Crippen molar-refractivity contribution in [2.24, 2.45) is 0 Å². The Balaban J connectivity index is 2.09. The number of aliphatic hydroxyl groups excluding tert-OH is 1. The second-order valence-corrected chi connectivity index (χ2v) is 8.82. The summed E-state index contributed by atoms with van der Waals surface area (Å²) < 4.78 is 62.2. The number of halogens is 5. The average molecular weight is 548 g/mol. The molecule has 0 saturated carbocycles. The highest BCUT2D eigenvalue weighted by Gasteiger charge is 2.37. The number of hydrogen-bond acceptors (Lipinski definition) is 6. The number of allylic oxidation sites excluding steroid dienone is 2. The summed E-state index contributed by atoms with van der Waals surface area (Å²) in [7, 11) is 2.92. The van der Waals surface area contributed by atoms with E-state index in [0.717, 1.165) is 26.3 Å². The number of likely N-dealkylation sites (N-methyl/N-ethyl adjacent to an activating group) is 1. The summed E-state index contributed by atoms with van der Waals surface area (Å²) in [4.78, 5) is 27.0. The molecular weight excluding hydrogens is 522 g/mol. The molecule has 202 valence electrons. The molecule has 1 amide bonds. The Kier molecular flexibility index (Phi) is 8.40. The van der Waals surface area contributed by atoms with Gasteiger partial charge in [0.2, 0.25) is 0 Å². The van der Waals surface area contributed by atoms with Gasteiger partial charge in [0.1, 0.15) is 17.3 Å². The van der Waals surface area contributed by atoms with Gasteiger partial charge < -0.3 is 20.5 Å². The Morgan fingerprint density at radius 3 is 2.62 bits per heavy atom. The minimum atomic E-state index is -4.87. The third-order valence-corrected chi connectivity index (χ3v) is 6.01. The maximum absolute atomic E-state index is 13.7. The number of nitrogens with zero attached hydrogens (tertiary/aromatic N) is 3. The van der Waals surface area contributed by atoms with Crippen molar-refractivity contribution >= 4 is 17.7 Å². The largest absolute Gasteiger partial charge is 0.420 e. The molecule has 3 rings (SSSR count). The zero-order valence-corrected chi connectivity index (χ0v) is 21.1. The van der Waals surface area contributed by atoms with E-state index in [2.05, 4.69) is 10.6 Å². The summed E-state index contributed by atoms with van der Waals surface area (Å²) in [5.41, 5.74) is -2.65. The minimum absolute atomic E-state index is 0.117. The summed E-state index contributed by atoms with van der Waals surface area (Å²) in [5.74, 6) is -0.656. The molecule has 3 N–H and O–H groups in total.